The van der Waals surface area contributed by atoms with Crippen LogP contribution < -0.4 is 14.8 Å². The highest BCUT2D eigenvalue weighted by Crippen LogP contribution is 2.31. The molecule has 0 spiro atoms. The summed E-state index contributed by atoms with van der Waals surface area (Å²) in [6, 6.07) is 18.9. The topological polar surface area (TPSA) is 73.6 Å². The second kappa shape index (κ2) is 8.79. The van der Waals surface area contributed by atoms with Gasteiger partial charge in [-0.3, -0.25) is 4.79 Å². The minimum Gasteiger partial charge on any atom is -0.490 e. The molecule has 0 aliphatic heterocycles. The molecule has 0 aliphatic rings. The molecule has 0 bridgehead atoms. The smallest absolute Gasteiger partial charge is 0.258 e. The van der Waals surface area contributed by atoms with E-state index in [4.69, 9.17) is 13.9 Å². The third-order valence-corrected chi connectivity index (χ3v) is 5.18. The maximum Gasteiger partial charge on any atom is 0.258 e. The minimum absolute atomic E-state index is 0.102. The Labute approximate surface area is 172 Å². The van der Waals surface area contributed by atoms with E-state index in [-0.39, 0.29) is 19.1 Å². The Morgan fingerprint density at radius 3 is 2.59 bits per heavy atom. The van der Waals surface area contributed by atoms with Gasteiger partial charge in [-0.15, -0.1) is 11.3 Å². The first-order valence-electron chi connectivity index (χ1n) is 9.29. The van der Waals surface area contributed by atoms with Crippen molar-refractivity contribution in [3.05, 3.63) is 66.4 Å². The SMILES string of the molecule is CCOc1ccccc1OCC(=O)NCc1ccc(-c2nc3ccccc3s2)o1. The lowest BCUT2D eigenvalue weighted by atomic mass is 10.3. The molecule has 0 atom stereocenters. The second-order valence-electron chi connectivity index (χ2n) is 6.20. The number of thiazole rings is 1. The number of rotatable bonds is 8. The van der Waals surface area contributed by atoms with Gasteiger partial charge in [0.25, 0.3) is 5.91 Å². The van der Waals surface area contributed by atoms with Gasteiger partial charge in [0.15, 0.2) is 28.9 Å². The molecule has 29 heavy (non-hydrogen) atoms. The molecule has 0 radical (unpaired) electrons. The van der Waals surface area contributed by atoms with Crippen LogP contribution in [0, 0.1) is 0 Å². The van der Waals surface area contributed by atoms with Crippen LogP contribution in [-0.2, 0) is 11.3 Å². The van der Waals surface area contributed by atoms with Crippen LogP contribution in [-0.4, -0.2) is 24.1 Å². The highest BCUT2D eigenvalue weighted by atomic mass is 32.1. The molecule has 0 unspecified atom stereocenters. The molecule has 2 aromatic carbocycles. The van der Waals surface area contributed by atoms with Gasteiger partial charge in [0.2, 0.25) is 0 Å². The van der Waals surface area contributed by atoms with Crippen LogP contribution in [0.4, 0.5) is 0 Å². The summed E-state index contributed by atoms with van der Waals surface area (Å²) in [7, 11) is 0. The van der Waals surface area contributed by atoms with Gasteiger partial charge in [-0.05, 0) is 43.3 Å². The van der Waals surface area contributed by atoms with Gasteiger partial charge in [-0.1, -0.05) is 24.3 Å². The summed E-state index contributed by atoms with van der Waals surface area (Å²) in [4.78, 5) is 16.7. The molecule has 0 aliphatic carbocycles. The third kappa shape index (κ3) is 4.57. The fourth-order valence-electron chi connectivity index (χ4n) is 2.79. The van der Waals surface area contributed by atoms with E-state index in [2.05, 4.69) is 10.3 Å². The lowest BCUT2D eigenvalue weighted by Crippen LogP contribution is -2.28. The van der Waals surface area contributed by atoms with E-state index >= 15 is 0 Å². The van der Waals surface area contributed by atoms with Crippen LogP contribution in [0.1, 0.15) is 12.7 Å². The zero-order valence-corrected chi connectivity index (χ0v) is 16.7. The highest BCUT2D eigenvalue weighted by Gasteiger charge is 2.12. The van der Waals surface area contributed by atoms with E-state index < -0.39 is 0 Å². The monoisotopic (exact) mass is 408 g/mol. The lowest BCUT2D eigenvalue weighted by molar-refractivity contribution is -0.123. The van der Waals surface area contributed by atoms with Crippen molar-refractivity contribution in [3.63, 3.8) is 0 Å². The first-order valence-corrected chi connectivity index (χ1v) is 10.1. The predicted molar refractivity (Wildman–Crippen MR) is 112 cm³/mol. The lowest BCUT2D eigenvalue weighted by Gasteiger charge is -2.11. The average molecular weight is 408 g/mol. The average Bonchev–Trinajstić information content (AvgIpc) is 3.38. The molecule has 0 saturated heterocycles. The van der Waals surface area contributed by atoms with Gasteiger partial charge >= 0.3 is 0 Å². The number of ether oxygens (including phenoxy) is 2. The van der Waals surface area contributed by atoms with E-state index in [1.165, 1.54) is 0 Å². The fourth-order valence-corrected chi connectivity index (χ4v) is 3.72. The van der Waals surface area contributed by atoms with Gasteiger partial charge in [0, 0.05) is 0 Å². The molecular weight excluding hydrogens is 388 g/mol. The largest absolute Gasteiger partial charge is 0.490 e. The van der Waals surface area contributed by atoms with E-state index in [0.717, 1.165) is 15.2 Å². The number of nitrogens with one attached hydrogen (secondary N) is 1. The zero-order valence-electron chi connectivity index (χ0n) is 15.9. The van der Waals surface area contributed by atoms with Crippen LogP contribution in [0.3, 0.4) is 0 Å². The fraction of sp³-hybridized carbons (Fsp3) is 0.182. The predicted octanol–water partition coefficient (Wildman–Crippen LogP) is 4.65. The number of benzene rings is 2. The molecule has 0 fully saturated rings. The Morgan fingerprint density at radius 1 is 1.03 bits per heavy atom. The summed E-state index contributed by atoms with van der Waals surface area (Å²) in [5.41, 5.74) is 0.947. The molecular formula is C22H20N2O4S. The molecule has 4 aromatic rings. The summed E-state index contributed by atoms with van der Waals surface area (Å²) < 4.78 is 18.0. The molecule has 0 saturated carbocycles. The number of carbonyl (C=O) groups is 1. The number of nitrogens with zero attached hydrogens (tertiary/aromatic N) is 1. The quantitative estimate of drug-likeness (QED) is 0.459. The van der Waals surface area contributed by atoms with Crippen molar-refractivity contribution in [3.8, 4) is 22.3 Å². The number of furan rings is 1. The van der Waals surface area contributed by atoms with Gasteiger partial charge in [0.1, 0.15) is 5.76 Å². The molecule has 4 rings (SSSR count). The van der Waals surface area contributed by atoms with E-state index in [9.17, 15) is 4.79 Å². The van der Waals surface area contributed by atoms with Gasteiger partial charge in [0.05, 0.1) is 23.4 Å². The summed E-state index contributed by atoms with van der Waals surface area (Å²) in [6.07, 6.45) is 0. The van der Waals surface area contributed by atoms with Crippen molar-refractivity contribution in [2.75, 3.05) is 13.2 Å². The number of fused-ring (bicyclic) bond motifs is 1. The first-order chi connectivity index (χ1) is 14.2. The number of hydrogen-bond donors (Lipinski definition) is 1. The second-order valence-corrected chi connectivity index (χ2v) is 7.23. The van der Waals surface area contributed by atoms with Gasteiger partial charge in [-0.2, -0.15) is 0 Å². The Balaban J connectivity index is 1.32. The summed E-state index contributed by atoms with van der Waals surface area (Å²) >= 11 is 1.58. The van der Waals surface area contributed by atoms with Crippen molar-refractivity contribution < 1.29 is 18.7 Å². The highest BCUT2D eigenvalue weighted by molar-refractivity contribution is 7.21. The molecule has 6 nitrogen and oxygen atoms in total. The third-order valence-electron chi connectivity index (χ3n) is 4.13. The number of carbonyl (C=O) groups excluding carboxylic acids is 1. The van der Waals surface area contributed by atoms with Crippen LogP contribution >= 0.6 is 11.3 Å². The van der Waals surface area contributed by atoms with Gasteiger partial charge < -0.3 is 19.2 Å². The maximum absolute atomic E-state index is 12.1. The Hall–Kier alpha value is -3.32. The number of hydrogen-bond acceptors (Lipinski definition) is 6. The van der Waals surface area contributed by atoms with Crippen molar-refractivity contribution in [2.24, 2.45) is 0 Å². The van der Waals surface area contributed by atoms with Crippen molar-refractivity contribution in [1.29, 1.82) is 0 Å². The van der Waals surface area contributed by atoms with Crippen molar-refractivity contribution >= 4 is 27.5 Å². The van der Waals surface area contributed by atoms with Crippen LogP contribution in [0.25, 0.3) is 21.0 Å². The maximum atomic E-state index is 12.1. The summed E-state index contributed by atoms with van der Waals surface area (Å²) in [5, 5.41) is 3.62. The summed E-state index contributed by atoms with van der Waals surface area (Å²) in [6.45, 7) is 2.60. The van der Waals surface area contributed by atoms with Crippen LogP contribution in [0.5, 0.6) is 11.5 Å². The number of aromatic nitrogens is 1. The molecule has 148 valence electrons. The zero-order chi connectivity index (χ0) is 20.1. The van der Waals surface area contributed by atoms with Crippen molar-refractivity contribution in [1.82, 2.24) is 10.3 Å². The Morgan fingerprint density at radius 2 is 1.79 bits per heavy atom. The number of para-hydroxylation sites is 3. The number of amides is 1. The van der Waals surface area contributed by atoms with Crippen LogP contribution in [0.2, 0.25) is 0 Å². The molecule has 7 heteroatoms. The molecule has 2 heterocycles. The minimum atomic E-state index is -0.241. The van der Waals surface area contributed by atoms with Crippen molar-refractivity contribution in [2.45, 2.75) is 13.5 Å². The van der Waals surface area contributed by atoms with E-state index in [1.807, 2.05) is 61.5 Å². The summed E-state index contributed by atoms with van der Waals surface area (Å²) in [5.74, 6) is 2.27. The normalized spacial score (nSPS) is 10.8. The molecule has 2 aromatic heterocycles. The Kier molecular flexibility index (Phi) is 5.76. The van der Waals surface area contributed by atoms with E-state index in [0.29, 0.717) is 29.6 Å². The van der Waals surface area contributed by atoms with Gasteiger partial charge in [-0.25, -0.2) is 4.98 Å². The molecule has 1 N–H and O–H groups in total. The first kappa shape index (κ1) is 19.0. The van der Waals surface area contributed by atoms with E-state index in [1.54, 1.807) is 17.4 Å². The Bertz CT molecular complexity index is 1090. The van der Waals surface area contributed by atoms with Crippen LogP contribution in [0.15, 0.2) is 65.1 Å². The standard InChI is InChI=1S/C22H20N2O4S/c1-2-26-17-8-4-5-9-18(17)27-14-21(25)23-13-15-11-12-19(28-15)22-24-16-7-3-6-10-20(16)29-22/h3-12H,2,13-14H2,1H3,(H,23,25). The molecule has 1 amide bonds.